The molecule has 0 bridgehead atoms. The summed E-state index contributed by atoms with van der Waals surface area (Å²) in [7, 11) is -0.552. The Morgan fingerprint density at radius 3 is 2.65 bits per heavy atom. The van der Waals surface area contributed by atoms with E-state index in [2.05, 4.69) is 14.8 Å². The maximum Gasteiger partial charge on any atom is 0.488 e. The fourth-order valence-corrected chi connectivity index (χ4v) is 1.42. The maximum atomic E-state index is 11.4. The van der Waals surface area contributed by atoms with Gasteiger partial charge < -0.3 is 14.8 Å². The molecule has 2 N–H and O–H groups in total. The van der Waals surface area contributed by atoms with Crippen LogP contribution in [-0.2, 0) is 4.74 Å². The number of hydrogen-bond donors (Lipinski definition) is 2. The van der Waals surface area contributed by atoms with Gasteiger partial charge >= 0.3 is 13.1 Å². The molecule has 1 aromatic carbocycles. The summed E-state index contributed by atoms with van der Waals surface area (Å²) in [6.45, 7) is 1.54. The number of ether oxygens (including phenoxy) is 1. The molecule has 0 saturated heterocycles. The predicted octanol–water partition coefficient (Wildman–Crippen LogP) is 0.403. The summed E-state index contributed by atoms with van der Waals surface area (Å²) in [6, 6.07) is 2.62. The van der Waals surface area contributed by atoms with E-state index < -0.39 is 13.1 Å². The second kappa shape index (κ2) is 5.35. The van der Waals surface area contributed by atoms with Crippen molar-refractivity contribution in [1.29, 1.82) is 0 Å². The number of hydrogen-bond acceptors (Lipinski definition) is 5. The Morgan fingerprint density at radius 1 is 1.53 bits per heavy atom. The molecule has 1 aromatic rings. The lowest BCUT2D eigenvalue weighted by atomic mass is 9.75. The summed E-state index contributed by atoms with van der Waals surface area (Å²) in [5, 5.41) is 21.6. The average molecular weight is 235 g/mol. The van der Waals surface area contributed by atoms with Crippen molar-refractivity contribution in [2.75, 3.05) is 7.11 Å². The number of esters is 1. The van der Waals surface area contributed by atoms with Crippen LogP contribution in [0, 0.1) is 6.92 Å². The van der Waals surface area contributed by atoms with Crippen molar-refractivity contribution in [1.82, 2.24) is 0 Å². The fourth-order valence-electron chi connectivity index (χ4n) is 1.42. The van der Waals surface area contributed by atoms with Crippen LogP contribution in [0.25, 0.3) is 10.4 Å². The minimum Gasteiger partial charge on any atom is -0.465 e. The van der Waals surface area contributed by atoms with E-state index in [1.807, 2.05) is 0 Å². The fraction of sp³-hybridized carbons (Fsp3) is 0.222. The molecule has 0 fully saturated rings. The molecule has 0 aliphatic carbocycles. The zero-order chi connectivity index (χ0) is 13.0. The molecule has 88 valence electrons. The lowest BCUT2D eigenvalue weighted by Crippen LogP contribution is -2.33. The van der Waals surface area contributed by atoms with Gasteiger partial charge in [-0.25, -0.2) is 4.79 Å². The highest BCUT2D eigenvalue weighted by Crippen LogP contribution is 2.17. The minimum atomic E-state index is -1.76. The molecule has 17 heavy (non-hydrogen) atoms. The van der Waals surface area contributed by atoms with E-state index in [4.69, 9.17) is 15.6 Å². The molecule has 0 atom stereocenters. The Balaban J connectivity index is 3.47. The number of azide groups is 1. The molecular formula is C9H10BN3O4. The van der Waals surface area contributed by atoms with E-state index in [9.17, 15) is 4.79 Å². The maximum absolute atomic E-state index is 11.4. The zero-order valence-corrected chi connectivity index (χ0v) is 9.28. The van der Waals surface area contributed by atoms with Gasteiger partial charge in [-0.3, -0.25) is 0 Å². The third-order valence-corrected chi connectivity index (χ3v) is 2.28. The lowest BCUT2D eigenvalue weighted by Gasteiger charge is -2.10. The molecular weight excluding hydrogens is 225 g/mol. The molecule has 7 nitrogen and oxygen atoms in total. The first kappa shape index (κ1) is 13.1. The van der Waals surface area contributed by atoms with Crippen LogP contribution in [0.1, 0.15) is 15.9 Å². The SMILES string of the molecule is COC(=O)c1cc(N=[N+]=[N-])cc(B(O)O)c1C. The zero-order valence-electron chi connectivity index (χ0n) is 9.28. The molecule has 0 unspecified atom stereocenters. The molecule has 0 aliphatic rings. The van der Waals surface area contributed by atoms with Gasteiger partial charge in [0.1, 0.15) is 0 Å². The highest BCUT2D eigenvalue weighted by atomic mass is 16.5. The minimum absolute atomic E-state index is 0.0929. The highest BCUT2D eigenvalue weighted by Gasteiger charge is 2.20. The van der Waals surface area contributed by atoms with E-state index >= 15 is 0 Å². The lowest BCUT2D eigenvalue weighted by molar-refractivity contribution is 0.0600. The number of carbonyl (C=O) groups excluding carboxylic acids is 1. The van der Waals surface area contributed by atoms with E-state index in [-0.39, 0.29) is 16.7 Å². The van der Waals surface area contributed by atoms with Crippen LogP contribution < -0.4 is 5.46 Å². The highest BCUT2D eigenvalue weighted by molar-refractivity contribution is 6.59. The van der Waals surface area contributed by atoms with Crippen molar-refractivity contribution >= 4 is 24.2 Å². The van der Waals surface area contributed by atoms with Crippen molar-refractivity contribution < 1.29 is 19.6 Å². The first-order chi connectivity index (χ1) is 8.01. The van der Waals surface area contributed by atoms with Gasteiger partial charge in [-0.15, -0.1) is 0 Å². The van der Waals surface area contributed by atoms with Gasteiger partial charge in [0.25, 0.3) is 0 Å². The van der Waals surface area contributed by atoms with Crippen molar-refractivity contribution in [3.63, 3.8) is 0 Å². The summed E-state index contributed by atoms with van der Waals surface area (Å²) < 4.78 is 4.55. The molecule has 0 amide bonds. The predicted molar refractivity (Wildman–Crippen MR) is 61.2 cm³/mol. The third kappa shape index (κ3) is 2.76. The van der Waals surface area contributed by atoms with Gasteiger partial charge in [0.2, 0.25) is 0 Å². The first-order valence-electron chi connectivity index (χ1n) is 4.65. The molecule has 1 rings (SSSR count). The summed E-state index contributed by atoms with van der Waals surface area (Å²) in [4.78, 5) is 14.0. The van der Waals surface area contributed by atoms with Gasteiger partial charge in [-0.05, 0) is 29.5 Å². The van der Waals surface area contributed by atoms with E-state index in [0.717, 1.165) is 0 Å². The van der Waals surface area contributed by atoms with Crippen LogP contribution in [0.5, 0.6) is 0 Å². The Labute approximate surface area is 97.4 Å². The van der Waals surface area contributed by atoms with Crippen LogP contribution in [-0.4, -0.2) is 30.2 Å². The van der Waals surface area contributed by atoms with Crippen molar-refractivity contribution in [3.05, 3.63) is 33.7 Å². The molecule has 0 aromatic heterocycles. The van der Waals surface area contributed by atoms with Gasteiger partial charge in [0.05, 0.1) is 12.7 Å². The van der Waals surface area contributed by atoms with Gasteiger partial charge in [-0.2, -0.15) is 0 Å². The van der Waals surface area contributed by atoms with Crippen molar-refractivity contribution in [3.8, 4) is 0 Å². The molecule has 0 spiro atoms. The normalized spacial score (nSPS) is 9.41. The second-order valence-corrected chi connectivity index (χ2v) is 3.26. The van der Waals surface area contributed by atoms with Gasteiger partial charge in [0, 0.05) is 10.6 Å². The van der Waals surface area contributed by atoms with Crippen LogP contribution in [0.15, 0.2) is 17.2 Å². The number of carbonyl (C=O) groups is 1. The standard InChI is InChI=1S/C9H10BN3O4/c1-5-7(9(14)17-2)3-6(12-13-11)4-8(5)10(15)16/h3-4,15-16H,1-2H3. The van der Waals surface area contributed by atoms with Crippen LogP contribution in [0.4, 0.5) is 5.69 Å². The summed E-state index contributed by atoms with van der Waals surface area (Å²) in [5.74, 6) is -0.639. The van der Waals surface area contributed by atoms with E-state index in [1.165, 1.54) is 19.2 Å². The topological polar surface area (TPSA) is 116 Å². The Kier molecular flexibility index (Phi) is 4.11. The number of methoxy groups -OCH3 is 1. The van der Waals surface area contributed by atoms with Crippen LogP contribution in [0.2, 0.25) is 0 Å². The Morgan fingerprint density at radius 2 is 2.18 bits per heavy atom. The largest absolute Gasteiger partial charge is 0.488 e. The quantitative estimate of drug-likeness (QED) is 0.259. The molecule has 0 saturated carbocycles. The molecule has 8 heteroatoms. The molecule has 0 aliphatic heterocycles. The third-order valence-electron chi connectivity index (χ3n) is 2.28. The molecule has 0 radical (unpaired) electrons. The van der Waals surface area contributed by atoms with Crippen LogP contribution in [0.3, 0.4) is 0 Å². The second-order valence-electron chi connectivity index (χ2n) is 3.26. The Hall–Kier alpha value is -2.02. The monoisotopic (exact) mass is 235 g/mol. The number of benzene rings is 1. The van der Waals surface area contributed by atoms with E-state index in [0.29, 0.717) is 5.56 Å². The van der Waals surface area contributed by atoms with E-state index in [1.54, 1.807) is 6.92 Å². The Bertz CT molecular complexity index is 497. The van der Waals surface area contributed by atoms with Crippen molar-refractivity contribution in [2.45, 2.75) is 6.92 Å². The number of nitrogens with zero attached hydrogens (tertiary/aromatic N) is 3. The number of rotatable bonds is 3. The smallest absolute Gasteiger partial charge is 0.465 e. The van der Waals surface area contributed by atoms with Gasteiger partial charge in [-0.1, -0.05) is 11.2 Å². The average Bonchev–Trinajstić information content (AvgIpc) is 2.30. The van der Waals surface area contributed by atoms with Gasteiger partial charge in [0.15, 0.2) is 0 Å². The summed E-state index contributed by atoms with van der Waals surface area (Å²) >= 11 is 0. The first-order valence-corrected chi connectivity index (χ1v) is 4.65. The summed E-state index contributed by atoms with van der Waals surface area (Å²) in [5.41, 5.74) is 9.02. The van der Waals surface area contributed by atoms with Crippen LogP contribution >= 0.6 is 0 Å². The summed E-state index contributed by atoms with van der Waals surface area (Å²) in [6.07, 6.45) is 0. The molecule has 0 heterocycles. The van der Waals surface area contributed by atoms with Crippen molar-refractivity contribution in [2.24, 2.45) is 5.11 Å².